The van der Waals surface area contributed by atoms with Crippen LogP contribution in [0.2, 0.25) is 10.0 Å². The first-order valence-corrected chi connectivity index (χ1v) is 15.7. The van der Waals surface area contributed by atoms with Crippen LogP contribution >= 0.6 is 46.4 Å². The quantitative estimate of drug-likeness (QED) is 0.224. The molecule has 1 aliphatic carbocycles. The monoisotopic (exact) mass is 701 g/mol. The van der Waals surface area contributed by atoms with Gasteiger partial charge in [-0.25, -0.2) is 8.78 Å². The van der Waals surface area contributed by atoms with Gasteiger partial charge < -0.3 is 0 Å². The van der Waals surface area contributed by atoms with Crippen molar-refractivity contribution in [3.05, 3.63) is 69.7 Å². The Bertz CT molecular complexity index is 1270. The molecule has 2 fully saturated rings. The molecule has 4 nitrogen and oxygen atoms in total. The summed E-state index contributed by atoms with van der Waals surface area (Å²) in [6, 6.07) is 10.3. The van der Waals surface area contributed by atoms with E-state index in [1.807, 2.05) is 12.1 Å². The van der Waals surface area contributed by atoms with Crippen molar-refractivity contribution in [1.29, 1.82) is 0 Å². The molecule has 2 aromatic rings. The van der Waals surface area contributed by atoms with Crippen LogP contribution in [0.5, 0.6) is 0 Å². The van der Waals surface area contributed by atoms with Crippen LogP contribution in [-0.2, 0) is 9.59 Å². The molecule has 2 N–H and O–H groups in total. The van der Waals surface area contributed by atoms with Crippen molar-refractivity contribution in [1.82, 2.24) is 0 Å². The van der Waals surface area contributed by atoms with E-state index in [0.717, 1.165) is 5.56 Å². The molecule has 11 heteroatoms. The molecule has 1 saturated heterocycles. The molecule has 4 unspecified atom stereocenters. The molecule has 0 radical (unpaired) electrons. The minimum Gasteiger partial charge on any atom is -0.0821 e. The Hall–Kier alpha value is -1.13. The first-order chi connectivity index (χ1) is 17.2. The summed E-state index contributed by atoms with van der Waals surface area (Å²) >= 11 is 25.7. The number of anilines is 2. The van der Waals surface area contributed by atoms with Gasteiger partial charge in [-0.3, -0.25) is 4.79 Å². The number of rotatable bonds is 9. The maximum atomic E-state index is 14.1. The first-order valence-electron chi connectivity index (χ1n) is 11.4. The van der Waals surface area contributed by atoms with E-state index in [1.54, 1.807) is 12.1 Å². The van der Waals surface area contributed by atoms with Gasteiger partial charge >= 0.3 is 171 Å². The fourth-order valence-corrected chi connectivity index (χ4v) is 7.11. The molecular formula is C26H24Cl4F2IN2O2-. The fraction of sp³-hybridized carbons (Fsp3) is 0.385. The maximum absolute atomic E-state index is 14.1. The smallest absolute Gasteiger partial charge is 0.0821 e. The normalized spacial score (nSPS) is 22.9. The van der Waals surface area contributed by atoms with Gasteiger partial charge in [0.2, 0.25) is 5.91 Å². The summed E-state index contributed by atoms with van der Waals surface area (Å²) in [5.74, 6) is -6.62. The van der Waals surface area contributed by atoms with Gasteiger partial charge in [-0.15, -0.1) is 0 Å². The number of carbonyl (C=O) groups excluding carboxylic acids is 2. The molecule has 37 heavy (non-hydrogen) atoms. The number of nitrogens with one attached hydrogen (secondary N) is 2. The number of amides is 2. The van der Waals surface area contributed by atoms with Gasteiger partial charge in [0, 0.05) is 12.3 Å². The zero-order valence-electron chi connectivity index (χ0n) is 19.9. The minimum absolute atomic E-state index is 0.175. The molecule has 1 saturated carbocycles. The number of benzene rings is 2. The fourth-order valence-electron chi connectivity index (χ4n) is 4.23. The van der Waals surface area contributed by atoms with E-state index in [9.17, 15) is 18.4 Å². The second kappa shape index (κ2) is 10.8. The number of alkyl halides is 6. The topological polar surface area (TPSA) is 58.2 Å². The predicted molar refractivity (Wildman–Crippen MR) is 142 cm³/mol. The summed E-state index contributed by atoms with van der Waals surface area (Å²) in [4.78, 5) is 25.5. The summed E-state index contributed by atoms with van der Waals surface area (Å²) in [6.45, 7) is 5.79. The van der Waals surface area contributed by atoms with Gasteiger partial charge in [0.1, 0.15) is 0 Å². The molecule has 0 spiro atoms. The summed E-state index contributed by atoms with van der Waals surface area (Å²) in [7, 11) is 0. The van der Waals surface area contributed by atoms with Crippen molar-refractivity contribution in [3.63, 3.8) is 0 Å². The van der Waals surface area contributed by atoms with Gasteiger partial charge in [0.05, 0.1) is 0 Å². The summed E-state index contributed by atoms with van der Waals surface area (Å²) in [5, 5.41) is 6.09. The van der Waals surface area contributed by atoms with Crippen LogP contribution in [0.4, 0.5) is 20.2 Å². The molecule has 0 aromatic heterocycles. The molecule has 2 amide bonds. The first kappa shape index (κ1) is 28.9. The third-order valence-electron chi connectivity index (χ3n) is 6.50. The Labute approximate surface area is 244 Å². The Morgan fingerprint density at radius 1 is 1.16 bits per heavy atom. The van der Waals surface area contributed by atoms with E-state index in [4.69, 9.17) is 46.4 Å². The molecule has 1 aliphatic heterocycles. The zero-order chi connectivity index (χ0) is 27.3. The van der Waals surface area contributed by atoms with Crippen LogP contribution in [0.3, 0.4) is 0 Å². The van der Waals surface area contributed by atoms with Gasteiger partial charge in [0.25, 0.3) is 5.92 Å². The average molecular weight is 703 g/mol. The molecule has 2 aromatic carbocycles. The Balaban J connectivity index is 1.44. The Kier molecular flexibility index (Phi) is 8.42. The predicted octanol–water partition coefficient (Wildman–Crippen LogP) is 4.84. The average Bonchev–Trinajstić information content (AvgIpc) is 3.71. The molecule has 200 valence electrons. The number of allylic oxidation sites excluding steroid dienone is 1. The Morgan fingerprint density at radius 3 is 2.43 bits per heavy atom. The van der Waals surface area contributed by atoms with Crippen molar-refractivity contribution in [2.45, 2.75) is 40.4 Å². The molecule has 4 atom stereocenters. The van der Waals surface area contributed by atoms with Gasteiger partial charge in [-0.1, -0.05) is 25.1 Å². The van der Waals surface area contributed by atoms with Gasteiger partial charge in [0.15, 0.2) is 0 Å². The number of hydrogen-bond acceptors (Lipinski definition) is 2. The molecule has 2 aliphatic rings. The second-order valence-corrected chi connectivity index (χ2v) is 15.0. The van der Waals surface area contributed by atoms with Crippen LogP contribution < -0.4 is 31.8 Å². The van der Waals surface area contributed by atoms with Crippen molar-refractivity contribution in [2.75, 3.05) is 15.1 Å². The standard InChI is InChI=1S/C26H24Cl4F2IN2O2/c1-12(2)26(31,32)13(3)6-21(36)35-20-10-17(4-5-18(20)28)34-24(37)23-22(25(23,29)30)15-7-14(19-11-33-19)8-16(27)9-15/h4-5,7-10,13,19,22-23H,1,6,11H2,2-3H3,(H,34,37)(H,35,36)/q-1. The molecule has 0 bridgehead atoms. The van der Waals surface area contributed by atoms with E-state index < -0.39 is 46.2 Å². The van der Waals surface area contributed by atoms with Crippen LogP contribution in [0.15, 0.2) is 48.6 Å². The summed E-state index contributed by atoms with van der Waals surface area (Å²) in [5.41, 5.74) is 2.20. The van der Waals surface area contributed by atoms with Crippen LogP contribution in [0, 0.1) is 11.8 Å². The van der Waals surface area contributed by atoms with Crippen molar-refractivity contribution in [2.24, 2.45) is 11.8 Å². The number of carbonyl (C=O) groups is 2. The third-order valence-corrected chi connectivity index (χ3v) is 10.5. The van der Waals surface area contributed by atoms with Gasteiger partial charge in [-0.05, 0) is 12.5 Å². The molecular weight excluding hydrogens is 679 g/mol. The SMILES string of the molecule is C=C(C)C(F)(F)C(C)CC(=O)Nc1cc(NC(=O)C2C(c3cc(Cl)cc(C4C[I-]4)c3)C2(Cl)Cl)ccc1Cl. The number of hydrogen-bond donors (Lipinski definition) is 2. The second-order valence-electron chi connectivity index (χ2n) is 9.46. The van der Waals surface area contributed by atoms with E-state index in [0.29, 0.717) is 14.6 Å². The summed E-state index contributed by atoms with van der Waals surface area (Å²) in [6.07, 6.45) is -0.442. The molecule has 1 heterocycles. The van der Waals surface area contributed by atoms with Crippen LogP contribution in [0.1, 0.15) is 41.2 Å². The minimum atomic E-state index is -3.18. The number of halogens is 7. The van der Waals surface area contributed by atoms with Crippen LogP contribution in [-0.4, -0.2) is 26.5 Å². The summed E-state index contributed by atoms with van der Waals surface area (Å²) < 4.78 is 28.8. The third kappa shape index (κ3) is 6.38. The van der Waals surface area contributed by atoms with E-state index in [1.165, 1.54) is 36.0 Å². The molecule has 4 rings (SSSR count). The Morgan fingerprint density at radius 2 is 1.81 bits per heavy atom. The van der Waals surface area contributed by atoms with Crippen LogP contribution in [0.25, 0.3) is 0 Å². The van der Waals surface area contributed by atoms with E-state index in [-0.39, 0.29) is 37.5 Å². The van der Waals surface area contributed by atoms with Crippen molar-refractivity contribution >= 4 is 69.6 Å². The van der Waals surface area contributed by atoms with Gasteiger partial charge in [-0.2, -0.15) is 0 Å². The van der Waals surface area contributed by atoms with Crippen molar-refractivity contribution in [3.8, 4) is 0 Å². The van der Waals surface area contributed by atoms with E-state index >= 15 is 0 Å². The van der Waals surface area contributed by atoms with E-state index in [2.05, 4.69) is 17.2 Å². The van der Waals surface area contributed by atoms with Crippen molar-refractivity contribution < 1.29 is 39.6 Å². The zero-order valence-corrected chi connectivity index (χ0v) is 25.0.